The highest BCUT2D eigenvalue weighted by atomic mass is 16.5. The third kappa shape index (κ3) is 5.28. The zero-order chi connectivity index (χ0) is 18.9. The van der Waals surface area contributed by atoms with Gasteiger partial charge in [-0.2, -0.15) is 0 Å². The van der Waals surface area contributed by atoms with Crippen molar-refractivity contribution in [3.63, 3.8) is 0 Å². The number of carbonyl (C=O) groups excluding carboxylic acids is 2. The van der Waals surface area contributed by atoms with Crippen molar-refractivity contribution in [3.05, 3.63) is 23.8 Å². The van der Waals surface area contributed by atoms with Crippen molar-refractivity contribution >= 4 is 12.0 Å². The van der Waals surface area contributed by atoms with E-state index < -0.39 is 0 Å². The first kappa shape index (κ1) is 19.9. The van der Waals surface area contributed by atoms with Gasteiger partial charge in [0.05, 0.1) is 20.8 Å². The molecule has 0 radical (unpaired) electrons. The molecule has 0 saturated carbocycles. The molecule has 1 aliphatic rings. The maximum atomic E-state index is 12.7. The molecule has 0 spiro atoms. The molecule has 26 heavy (non-hydrogen) atoms. The fourth-order valence-corrected chi connectivity index (χ4v) is 2.90. The summed E-state index contributed by atoms with van der Waals surface area (Å²) in [6.07, 6.45) is 2.91. The van der Waals surface area contributed by atoms with Crippen LogP contribution in [0.15, 0.2) is 18.2 Å². The number of carbonyl (C=O) groups is 2. The van der Waals surface area contributed by atoms with E-state index in [-0.39, 0.29) is 18.0 Å². The fraction of sp³-hybridized carbons (Fsp3) is 0.579. The van der Waals surface area contributed by atoms with Gasteiger partial charge in [-0.25, -0.2) is 4.79 Å². The lowest BCUT2D eigenvalue weighted by atomic mass is 10.0. The van der Waals surface area contributed by atoms with Crippen molar-refractivity contribution in [2.24, 2.45) is 0 Å². The Balaban J connectivity index is 1.85. The highest BCUT2D eigenvalue weighted by Crippen LogP contribution is 2.28. The van der Waals surface area contributed by atoms with Crippen LogP contribution in [0.4, 0.5) is 4.79 Å². The summed E-state index contributed by atoms with van der Waals surface area (Å²) in [6.45, 7) is 3.67. The Bertz CT molecular complexity index is 612. The first-order chi connectivity index (χ1) is 12.6. The van der Waals surface area contributed by atoms with E-state index in [4.69, 9.17) is 14.2 Å². The van der Waals surface area contributed by atoms with Crippen LogP contribution in [-0.2, 0) is 4.74 Å². The molecule has 1 N–H and O–H groups in total. The molecule has 0 atom stereocenters. The van der Waals surface area contributed by atoms with E-state index in [0.29, 0.717) is 49.6 Å². The van der Waals surface area contributed by atoms with Gasteiger partial charge in [0.2, 0.25) is 0 Å². The second-order valence-electron chi connectivity index (χ2n) is 6.27. The number of unbranched alkanes of at least 4 members (excludes halogenated alkanes) is 1. The largest absolute Gasteiger partial charge is 0.493 e. The van der Waals surface area contributed by atoms with Gasteiger partial charge >= 0.3 is 6.09 Å². The van der Waals surface area contributed by atoms with Gasteiger partial charge in [-0.15, -0.1) is 0 Å². The van der Waals surface area contributed by atoms with Gasteiger partial charge in [-0.05, 0) is 37.5 Å². The maximum Gasteiger partial charge on any atom is 0.407 e. The summed E-state index contributed by atoms with van der Waals surface area (Å²) in [7, 11) is 3.10. The van der Waals surface area contributed by atoms with Crippen LogP contribution in [0.1, 0.15) is 43.0 Å². The van der Waals surface area contributed by atoms with Gasteiger partial charge < -0.3 is 24.4 Å². The number of likely N-dealkylation sites (tertiary alicyclic amines) is 1. The Labute approximate surface area is 154 Å². The van der Waals surface area contributed by atoms with Crippen molar-refractivity contribution in [3.8, 4) is 11.5 Å². The van der Waals surface area contributed by atoms with Crippen molar-refractivity contribution in [2.45, 2.75) is 38.6 Å². The predicted octanol–water partition coefficient (Wildman–Crippen LogP) is 2.83. The average molecular weight is 364 g/mol. The molecule has 144 valence electrons. The van der Waals surface area contributed by atoms with E-state index in [0.717, 1.165) is 12.8 Å². The topological polar surface area (TPSA) is 77.1 Å². The number of hydrogen-bond donors (Lipinski definition) is 1. The van der Waals surface area contributed by atoms with Gasteiger partial charge in [0.1, 0.15) is 0 Å². The molecule has 1 aromatic rings. The molecule has 0 aliphatic carbocycles. The zero-order valence-corrected chi connectivity index (χ0v) is 15.7. The third-order valence-electron chi connectivity index (χ3n) is 4.47. The number of nitrogens with one attached hydrogen (secondary N) is 1. The zero-order valence-electron chi connectivity index (χ0n) is 15.7. The summed E-state index contributed by atoms with van der Waals surface area (Å²) in [5.41, 5.74) is 0.563. The SMILES string of the molecule is CCCCOC(=O)NC1CCN(C(=O)c2ccc(OC)c(OC)c2)CC1. The number of hydrogen-bond acceptors (Lipinski definition) is 5. The molecule has 1 saturated heterocycles. The number of piperidine rings is 1. The van der Waals surface area contributed by atoms with Crippen molar-refractivity contribution < 1.29 is 23.8 Å². The van der Waals surface area contributed by atoms with E-state index in [9.17, 15) is 9.59 Å². The highest BCUT2D eigenvalue weighted by molar-refractivity contribution is 5.95. The van der Waals surface area contributed by atoms with Crippen LogP contribution >= 0.6 is 0 Å². The summed E-state index contributed by atoms with van der Waals surface area (Å²) >= 11 is 0. The standard InChI is InChI=1S/C19H28N2O5/c1-4-5-12-26-19(23)20-15-8-10-21(11-9-15)18(22)14-6-7-16(24-2)17(13-14)25-3/h6-7,13,15H,4-5,8-12H2,1-3H3,(H,20,23). The van der Waals surface area contributed by atoms with Crippen LogP contribution in [0, 0.1) is 0 Å². The molecule has 7 nitrogen and oxygen atoms in total. The molecule has 1 aromatic carbocycles. The number of methoxy groups -OCH3 is 2. The lowest BCUT2D eigenvalue weighted by Crippen LogP contribution is -2.46. The second-order valence-corrected chi connectivity index (χ2v) is 6.27. The highest BCUT2D eigenvalue weighted by Gasteiger charge is 2.25. The monoisotopic (exact) mass is 364 g/mol. The Hall–Kier alpha value is -2.44. The van der Waals surface area contributed by atoms with Crippen LogP contribution in [0.5, 0.6) is 11.5 Å². The smallest absolute Gasteiger partial charge is 0.407 e. The van der Waals surface area contributed by atoms with Gasteiger partial charge in [-0.3, -0.25) is 4.79 Å². The summed E-state index contributed by atoms with van der Waals surface area (Å²) in [5, 5.41) is 2.87. The molecule has 1 heterocycles. The minimum Gasteiger partial charge on any atom is -0.493 e. The lowest BCUT2D eigenvalue weighted by Gasteiger charge is -2.32. The van der Waals surface area contributed by atoms with E-state index in [2.05, 4.69) is 5.32 Å². The molecule has 0 aromatic heterocycles. The van der Waals surface area contributed by atoms with Crippen LogP contribution in [0.2, 0.25) is 0 Å². The van der Waals surface area contributed by atoms with Crippen molar-refractivity contribution in [1.29, 1.82) is 0 Å². The van der Waals surface area contributed by atoms with Crippen LogP contribution < -0.4 is 14.8 Å². The van der Waals surface area contributed by atoms with Crippen molar-refractivity contribution in [2.75, 3.05) is 33.9 Å². The summed E-state index contributed by atoms with van der Waals surface area (Å²) < 4.78 is 15.6. The van der Waals surface area contributed by atoms with E-state index in [1.165, 1.54) is 0 Å². The predicted molar refractivity (Wildman–Crippen MR) is 97.9 cm³/mol. The minimum atomic E-state index is -0.372. The first-order valence-electron chi connectivity index (χ1n) is 9.03. The number of amides is 2. The number of benzene rings is 1. The molecule has 1 aliphatic heterocycles. The molecule has 2 amide bonds. The van der Waals surface area contributed by atoms with Crippen LogP contribution in [0.25, 0.3) is 0 Å². The Morgan fingerprint density at radius 3 is 2.46 bits per heavy atom. The second kappa shape index (κ2) is 9.89. The van der Waals surface area contributed by atoms with Gasteiger partial charge in [0.25, 0.3) is 5.91 Å². The molecule has 2 rings (SSSR count). The molecule has 0 bridgehead atoms. The van der Waals surface area contributed by atoms with Crippen molar-refractivity contribution in [1.82, 2.24) is 10.2 Å². The quantitative estimate of drug-likeness (QED) is 0.753. The Kier molecular flexibility index (Phi) is 7.56. The molecular formula is C19H28N2O5. The number of nitrogens with zero attached hydrogens (tertiary/aromatic N) is 1. The number of rotatable bonds is 7. The molecule has 0 unspecified atom stereocenters. The summed E-state index contributed by atoms with van der Waals surface area (Å²) in [6, 6.07) is 5.20. The Morgan fingerprint density at radius 1 is 1.15 bits per heavy atom. The minimum absolute atomic E-state index is 0.0404. The van der Waals surface area contributed by atoms with E-state index >= 15 is 0 Å². The third-order valence-corrected chi connectivity index (χ3v) is 4.47. The lowest BCUT2D eigenvalue weighted by molar-refractivity contribution is 0.0701. The van der Waals surface area contributed by atoms with Gasteiger partial charge in [0, 0.05) is 24.7 Å². The first-order valence-corrected chi connectivity index (χ1v) is 9.03. The van der Waals surface area contributed by atoms with Crippen LogP contribution in [-0.4, -0.2) is 56.9 Å². The number of alkyl carbamates (subject to hydrolysis) is 1. The molecule has 1 fully saturated rings. The van der Waals surface area contributed by atoms with Crippen LogP contribution in [0.3, 0.4) is 0 Å². The van der Waals surface area contributed by atoms with Gasteiger partial charge in [0.15, 0.2) is 11.5 Å². The Morgan fingerprint density at radius 2 is 1.85 bits per heavy atom. The summed E-state index contributed by atoms with van der Waals surface area (Å²) in [5.74, 6) is 1.08. The maximum absolute atomic E-state index is 12.7. The van der Waals surface area contributed by atoms with Gasteiger partial charge in [-0.1, -0.05) is 13.3 Å². The molecular weight excluding hydrogens is 336 g/mol. The summed E-state index contributed by atoms with van der Waals surface area (Å²) in [4.78, 5) is 26.2. The van der Waals surface area contributed by atoms with E-state index in [1.807, 2.05) is 6.92 Å². The molecule has 7 heteroatoms. The normalized spacial score (nSPS) is 14.7. The van der Waals surface area contributed by atoms with E-state index in [1.54, 1.807) is 37.3 Å². The fourth-order valence-electron chi connectivity index (χ4n) is 2.90. The number of ether oxygens (including phenoxy) is 3. The average Bonchev–Trinajstić information content (AvgIpc) is 2.67.